The van der Waals surface area contributed by atoms with E-state index >= 15 is 0 Å². The first-order valence-corrected chi connectivity index (χ1v) is 10.8. The molecule has 0 saturated carbocycles. The molecular weight excluding hydrogens is 447 g/mol. The Hall–Kier alpha value is -1.95. The Morgan fingerprint density at radius 3 is 2.37 bits per heavy atom. The topological polar surface area (TPSA) is 58.6 Å². The van der Waals surface area contributed by atoms with Crippen LogP contribution in [0.25, 0.3) is 0 Å². The quantitative estimate of drug-likeness (QED) is 0.541. The lowest BCUT2D eigenvalue weighted by Gasteiger charge is -2.29. The summed E-state index contributed by atoms with van der Waals surface area (Å²) in [6.07, 6.45) is 0.793. The maximum atomic E-state index is 13.0. The summed E-state index contributed by atoms with van der Waals surface area (Å²) in [5, 5.41) is 4.28. The summed E-state index contributed by atoms with van der Waals surface area (Å²) in [6, 6.07) is 9.53. The summed E-state index contributed by atoms with van der Waals surface area (Å²) < 4.78 is 5.65. The molecule has 0 aliphatic carbocycles. The fraction of sp³-hybridized carbons (Fsp3) is 0.364. The number of carbonyl (C=O) groups excluding carboxylic acids is 2. The molecule has 0 bridgehead atoms. The minimum absolute atomic E-state index is 0.0844. The second-order valence-corrected chi connectivity index (χ2v) is 8.11. The van der Waals surface area contributed by atoms with Crippen molar-refractivity contribution in [3.05, 3.63) is 62.6 Å². The van der Waals surface area contributed by atoms with Gasteiger partial charge in [-0.3, -0.25) is 9.59 Å². The van der Waals surface area contributed by atoms with Gasteiger partial charge in [0.1, 0.15) is 11.8 Å². The number of nitrogens with one attached hydrogen (secondary N) is 1. The van der Waals surface area contributed by atoms with Gasteiger partial charge in [0.05, 0.1) is 0 Å². The van der Waals surface area contributed by atoms with E-state index in [9.17, 15) is 9.59 Å². The average Bonchev–Trinajstić information content (AvgIpc) is 2.72. The molecule has 0 spiro atoms. The summed E-state index contributed by atoms with van der Waals surface area (Å²) in [7, 11) is 0. The first-order chi connectivity index (χ1) is 14.2. The number of amides is 2. The van der Waals surface area contributed by atoms with E-state index in [0.29, 0.717) is 32.9 Å². The third-order valence-corrected chi connectivity index (χ3v) is 5.73. The molecule has 0 aromatic heterocycles. The van der Waals surface area contributed by atoms with Crippen molar-refractivity contribution in [2.24, 2.45) is 0 Å². The van der Waals surface area contributed by atoms with Crippen LogP contribution in [0.5, 0.6) is 5.75 Å². The molecule has 0 radical (unpaired) electrons. The standard InChI is InChI=1S/C22H25Cl3N2O3/c1-4-10-26-22(29)15(3)27(12-17-19(24)6-5-7-20(17)25)21(28)13-30-16-8-9-18(23)14(2)11-16/h5-9,11,15H,4,10,12-13H2,1-3H3,(H,26,29). The highest BCUT2D eigenvalue weighted by Crippen LogP contribution is 2.27. The van der Waals surface area contributed by atoms with Crippen LogP contribution in [0, 0.1) is 6.92 Å². The second kappa shape index (κ2) is 11.4. The molecule has 1 unspecified atom stereocenters. The van der Waals surface area contributed by atoms with Crippen molar-refractivity contribution in [1.82, 2.24) is 10.2 Å². The van der Waals surface area contributed by atoms with E-state index in [4.69, 9.17) is 39.5 Å². The fourth-order valence-electron chi connectivity index (χ4n) is 2.77. The number of rotatable bonds is 9. The normalized spacial score (nSPS) is 11.7. The first-order valence-electron chi connectivity index (χ1n) is 9.63. The van der Waals surface area contributed by atoms with E-state index in [0.717, 1.165) is 12.0 Å². The summed E-state index contributed by atoms with van der Waals surface area (Å²) in [5.74, 6) is -0.0995. The monoisotopic (exact) mass is 470 g/mol. The van der Waals surface area contributed by atoms with Gasteiger partial charge in [-0.1, -0.05) is 47.8 Å². The molecular formula is C22H25Cl3N2O3. The SMILES string of the molecule is CCCNC(=O)C(C)N(Cc1c(Cl)cccc1Cl)C(=O)COc1ccc(Cl)c(C)c1. The van der Waals surface area contributed by atoms with E-state index in [1.165, 1.54) is 4.90 Å². The minimum Gasteiger partial charge on any atom is -0.484 e. The average molecular weight is 472 g/mol. The number of ether oxygens (including phenoxy) is 1. The highest BCUT2D eigenvalue weighted by molar-refractivity contribution is 6.36. The van der Waals surface area contributed by atoms with Gasteiger partial charge in [0.2, 0.25) is 5.91 Å². The van der Waals surface area contributed by atoms with Crippen molar-refractivity contribution >= 4 is 46.6 Å². The van der Waals surface area contributed by atoms with Gasteiger partial charge < -0.3 is 15.0 Å². The van der Waals surface area contributed by atoms with Crippen molar-refractivity contribution < 1.29 is 14.3 Å². The number of nitrogens with zero attached hydrogens (tertiary/aromatic N) is 1. The van der Waals surface area contributed by atoms with Crippen LogP contribution in [-0.4, -0.2) is 35.9 Å². The van der Waals surface area contributed by atoms with Gasteiger partial charge in [0.25, 0.3) is 5.91 Å². The molecule has 1 atom stereocenters. The van der Waals surface area contributed by atoms with Crippen LogP contribution < -0.4 is 10.1 Å². The lowest BCUT2D eigenvalue weighted by Crippen LogP contribution is -2.49. The van der Waals surface area contributed by atoms with Crippen LogP contribution in [0.3, 0.4) is 0 Å². The number of aryl methyl sites for hydroxylation is 1. The predicted octanol–water partition coefficient (Wildman–Crippen LogP) is 5.28. The molecule has 5 nitrogen and oxygen atoms in total. The zero-order valence-electron chi connectivity index (χ0n) is 17.2. The zero-order chi connectivity index (χ0) is 22.3. The molecule has 162 valence electrons. The van der Waals surface area contributed by atoms with Crippen LogP contribution in [-0.2, 0) is 16.1 Å². The minimum atomic E-state index is -0.730. The highest BCUT2D eigenvalue weighted by Gasteiger charge is 2.27. The van der Waals surface area contributed by atoms with E-state index in [1.54, 1.807) is 43.3 Å². The van der Waals surface area contributed by atoms with Gasteiger partial charge in [-0.25, -0.2) is 0 Å². The number of halogens is 3. The number of hydrogen-bond acceptors (Lipinski definition) is 3. The Balaban J connectivity index is 2.21. The molecule has 0 saturated heterocycles. The van der Waals surface area contributed by atoms with Crippen molar-refractivity contribution in [3.8, 4) is 5.75 Å². The molecule has 0 aliphatic heterocycles. The van der Waals surface area contributed by atoms with Crippen LogP contribution in [0.2, 0.25) is 15.1 Å². The largest absolute Gasteiger partial charge is 0.484 e. The van der Waals surface area contributed by atoms with Gasteiger partial charge in [-0.2, -0.15) is 0 Å². The van der Waals surface area contributed by atoms with Gasteiger partial charge in [-0.15, -0.1) is 0 Å². The van der Waals surface area contributed by atoms with Crippen LogP contribution in [0.15, 0.2) is 36.4 Å². The Morgan fingerprint density at radius 2 is 1.77 bits per heavy atom. The second-order valence-electron chi connectivity index (χ2n) is 6.89. The molecule has 2 rings (SSSR count). The van der Waals surface area contributed by atoms with Crippen molar-refractivity contribution in [1.29, 1.82) is 0 Å². The first kappa shape index (κ1) is 24.3. The lowest BCUT2D eigenvalue weighted by atomic mass is 10.1. The van der Waals surface area contributed by atoms with Gasteiger partial charge in [0, 0.05) is 33.7 Å². The maximum Gasteiger partial charge on any atom is 0.261 e. The third-order valence-electron chi connectivity index (χ3n) is 4.60. The van der Waals surface area contributed by atoms with E-state index in [2.05, 4.69) is 5.32 Å². The molecule has 0 aliphatic rings. The number of carbonyl (C=O) groups is 2. The lowest BCUT2D eigenvalue weighted by molar-refractivity contribution is -0.142. The Kier molecular flexibility index (Phi) is 9.28. The predicted molar refractivity (Wildman–Crippen MR) is 121 cm³/mol. The van der Waals surface area contributed by atoms with Crippen molar-refractivity contribution in [2.45, 2.75) is 39.8 Å². The smallest absolute Gasteiger partial charge is 0.261 e. The van der Waals surface area contributed by atoms with Gasteiger partial charge in [-0.05, 0) is 56.2 Å². The molecule has 8 heteroatoms. The highest BCUT2D eigenvalue weighted by atomic mass is 35.5. The van der Waals surface area contributed by atoms with Gasteiger partial charge >= 0.3 is 0 Å². The molecule has 2 amide bonds. The maximum absolute atomic E-state index is 13.0. The van der Waals surface area contributed by atoms with E-state index in [1.807, 2.05) is 13.8 Å². The number of benzene rings is 2. The van der Waals surface area contributed by atoms with Crippen LogP contribution >= 0.6 is 34.8 Å². The van der Waals surface area contributed by atoms with E-state index < -0.39 is 6.04 Å². The summed E-state index contributed by atoms with van der Waals surface area (Å²) >= 11 is 18.6. The summed E-state index contributed by atoms with van der Waals surface area (Å²) in [5.41, 5.74) is 1.42. The molecule has 30 heavy (non-hydrogen) atoms. The summed E-state index contributed by atoms with van der Waals surface area (Å²) in [4.78, 5) is 27.0. The third kappa shape index (κ3) is 6.53. The molecule has 1 N–H and O–H groups in total. The van der Waals surface area contributed by atoms with E-state index in [-0.39, 0.29) is 25.0 Å². The Labute approximate surface area is 192 Å². The Morgan fingerprint density at radius 1 is 1.10 bits per heavy atom. The van der Waals surface area contributed by atoms with Crippen LogP contribution in [0.1, 0.15) is 31.4 Å². The van der Waals surface area contributed by atoms with Crippen molar-refractivity contribution in [2.75, 3.05) is 13.2 Å². The van der Waals surface area contributed by atoms with Gasteiger partial charge in [0.15, 0.2) is 6.61 Å². The Bertz CT molecular complexity index is 885. The van der Waals surface area contributed by atoms with Crippen LogP contribution in [0.4, 0.5) is 0 Å². The molecule has 2 aromatic carbocycles. The molecule has 0 fully saturated rings. The summed E-state index contributed by atoms with van der Waals surface area (Å²) in [6.45, 7) is 5.84. The molecule has 2 aromatic rings. The van der Waals surface area contributed by atoms with Crippen molar-refractivity contribution in [3.63, 3.8) is 0 Å². The fourth-order valence-corrected chi connectivity index (χ4v) is 3.40. The zero-order valence-corrected chi connectivity index (χ0v) is 19.4. The number of hydrogen-bond donors (Lipinski definition) is 1. The molecule has 0 heterocycles.